The normalized spacial score (nSPS) is 11.9. The van der Waals surface area contributed by atoms with Crippen molar-refractivity contribution in [2.75, 3.05) is 0 Å². The highest BCUT2D eigenvalue weighted by atomic mass is 35.5. The van der Waals surface area contributed by atoms with E-state index in [0.717, 1.165) is 12.1 Å². The summed E-state index contributed by atoms with van der Waals surface area (Å²) < 4.78 is 26.5. The van der Waals surface area contributed by atoms with Crippen molar-refractivity contribution in [3.63, 3.8) is 0 Å². The third-order valence-electron chi connectivity index (χ3n) is 1.94. The molecule has 0 aliphatic heterocycles. The molecule has 78 valence electrons. The van der Waals surface area contributed by atoms with E-state index in [9.17, 15) is 8.78 Å². The lowest BCUT2D eigenvalue weighted by Crippen LogP contribution is -1.93. The van der Waals surface area contributed by atoms with Gasteiger partial charge in [-0.25, -0.2) is 8.78 Å². The molecular formula is C11H8ClF2N. The van der Waals surface area contributed by atoms with E-state index in [4.69, 9.17) is 16.9 Å². The Labute approximate surface area is 91.6 Å². The first kappa shape index (κ1) is 11.7. The van der Waals surface area contributed by atoms with Crippen molar-refractivity contribution in [1.82, 2.24) is 0 Å². The van der Waals surface area contributed by atoms with Gasteiger partial charge in [-0.05, 0) is 18.6 Å². The highest BCUT2D eigenvalue weighted by molar-refractivity contribution is 6.49. The van der Waals surface area contributed by atoms with Crippen LogP contribution in [0.2, 0.25) is 0 Å². The van der Waals surface area contributed by atoms with E-state index in [0.29, 0.717) is 6.42 Å². The molecule has 0 saturated heterocycles. The molecule has 1 nitrogen and oxygen atoms in total. The molecule has 0 fully saturated rings. The summed E-state index contributed by atoms with van der Waals surface area (Å²) in [5.74, 6) is -1.53. The maximum absolute atomic E-state index is 13.3. The van der Waals surface area contributed by atoms with Crippen LogP contribution in [-0.4, -0.2) is 0 Å². The van der Waals surface area contributed by atoms with Crippen LogP contribution in [0.25, 0.3) is 5.03 Å². The number of hydrogen-bond donors (Lipinski definition) is 0. The summed E-state index contributed by atoms with van der Waals surface area (Å²) in [6, 6.07) is 5.27. The summed E-state index contributed by atoms with van der Waals surface area (Å²) in [6.07, 6.45) is 0.336. The monoisotopic (exact) mass is 227 g/mol. The lowest BCUT2D eigenvalue weighted by atomic mass is 10.1. The van der Waals surface area contributed by atoms with Gasteiger partial charge in [-0.2, -0.15) is 5.26 Å². The highest BCUT2D eigenvalue weighted by Crippen LogP contribution is 2.28. The maximum atomic E-state index is 13.3. The third-order valence-corrected chi connectivity index (χ3v) is 2.35. The molecule has 0 bridgehead atoms. The molecule has 0 saturated carbocycles. The van der Waals surface area contributed by atoms with Gasteiger partial charge < -0.3 is 0 Å². The van der Waals surface area contributed by atoms with Crippen LogP contribution in [0, 0.1) is 23.0 Å². The Kier molecular flexibility index (Phi) is 3.81. The second-order valence-electron chi connectivity index (χ2n) is 2.85. The molecule has 0 aromatic heterocycles. The van der Waals surface area contributed by atoms with Gasteiger partial charge in [0.1, 0.15) is 11.6 Å². The molecule has 0 amide bonds. The molecule has 15 heavy (non-hydrogen) atoms. The van der Waals surface area contributed by atoms with Crippen molar-refractivity contribution >= 4 is 16.6 Å². The summed E-state index contributed by atoms with van der Waals surface area (Å²) in [7, 11) is 0. The van der Waals surface area contributed by atoms with Crippen molar-refractivity contribution in [3.05, 3.63) is 41.0 Å². The highest BCUT2D eigenvalue weighted by Gasteiger charge is 2.14. The van der Waals surface area contributed by atoms with Crippen LogP contribution in [0.1, 0.15) is 18.9 Å². The van der Waals surface area contributed by atoms with Crippen molar-refractivity contribution < 1.29 is 8.78 Å². The summed E-state index contributed by atoms with van der Waals surface area (Å²) in [4.78, 5) is 0. The average molecular weight is 228 g/mol. The van der Waals surface area contributed by atoms with Gasteiger partial charge in [0.25, 0.3) is 0 Å². The van der Waals surface area contributed by atoms with Crippen molar-refractivity contribution in [2.45, 2.75) is 13.3 Å². The smallest absolute Gasteiger partial charge is 0.134 e. The number of rotatable bonds is 2. The fourth-order valence-corrected chi connectivity index (χ4v) is 1.50. The number of halogens is 3. The summed E-state index contributed by atoms with van der Waals surface area (Å²) in [6.45, 7) is 1.69. The number of hydrogen-bond acceptors (Lipinski definition) is 1. The van der Waals surface area contributed by atoms with Crippen LogP contribution in [0.4, 0.5) is 8.78 Å². The Bertz CT molecular complexity index is 426. The third kappa shape index (κ3) is 2.34. The Morgan fingerprint density at radius 3 is 2.33 bits per heavy atom. The molecule has 0 unspecified atom stereocenters. The van der Waals surface area contributed by atoms with Crippen LogP contribution < -0.4 is 0 Å². The molecule has 1 aromatic rings. The number of allylic oxidation sites excluding steroid dienone is 1. The molecule has 0 atom stereocenters. The topological polar surface area (TPSA) is 23.8 Å². The predicted molar refractivity (Wildman–Crippen MR) is 55.0 cm³/mol. The number of nitriles is 1. The molecule has 4 heteroatoms. The lowest BCUT2D eigenvalue weighted by molar-refractivity contribution is 0.578. The van der Waals surface area contributed by atoms with E-state index in [1.54, 1.807) is 6.92 Å². The minimum atomic E-state index is -0.763. The summed E-state index contributed by atoms with van der Waals surface area (Å²) >= 11 is 5.76. The molecular weight excluding hydrogens is 220 g/mol. The molecule has 1 rings (SSSR count). The summed E-state index contributed by atoms with van der Waals surface area (Å²) in [5, 5.41) is 8.55. The van der Waals surface area contributed by atoms with Crippen molar-refractivity contribution in [1.29, 1.82) is 5.26 Å². The molecule has 0 radical (unpaired) electrons. The zero-order chi connectivity index (χ0) is 11.4. The lowest BCUT2D eigenvalue weighted by Gasteiger charge is -2.04. The largest absolute Gasteiger partial charge is 0.206 e. The second kappa shape index (κ2) is 4.90. The summed E-state index contributed by atoms with van der Waals surface area (Å²) in [5.41, 5.74) is -0.168. The molecule has 1 aromatic carbocycles. The first-order valence-corrected chi connectivity index (χ1v) is 4.72. The molecule has 0 spiro atoms. The van der Waals surface area contributed by atoms with Gasteiger partial charge in [0.15, 0.2) is 0 Å². The van der Waals surface area contributed by atoms with Crippen LogP contribution >= 0.6 is 11.6 Å². The first-order valence-electron chi connectivity index (χ1n) is 4.35. The standard InChI is InChI=1S/C11H8ClF2N/c1-2-7(6-15)11(12)10-8(13)4-3-5-9(10)14/h3-5H,2H2,1H3. The van der Waals surface area contributed by atoms with E-state index in [-0.39, 0.29) is 16.2 Å². The van der Waals surface area contributed by atoms with Crippen molar-refractivity contribution in [2.24, 2.45) is 0 Å². The van der Waals surface area contributed by atoms with Crippen LogP contribution in [0.15, 0.2) is 23.8 Å². The zero-order valence-corrected chi connectivity index (χ0v) is 8.78. The van der Waals surface area contributed by atoms with E-state index in [1.165, 1.54) is 6.07 Å². The average Bonchev–Trinajstić information content (AvgIpc) is 2.19. The second-order valence-corrected chi connectivity index (χ2v) is 3.23. The Morgan fingerprint density at radius 2 is 1.93 bits per heavy atom. The van der Waals surface area contributed by atoms with Crippen LogP contribution in [0.3, 0.4) is 0 Å². The maximum Gasteiger partial charge on any atom is 0.134 e. The Balaban J connectivity index is 3.41. The molecule has 0 aliphatic rings. The van der Waals surface area contributed by atoms with Gasteiger partial charge in [0.2, 0.25) is 0 Å². The predicted octanol–water partition coefficient (Wildman–Crippen LogP) is 3.85. The van der Waals surface area contributed by atoms with E-state index < -0.39 is 11.6 Å². The number of nitrogens with zero attached hydrogens (tertiary/aromatic N) is 1. The van der Waals surface area contributed by atoms with Gasteiger partial charge in [0, 0.05) is 5.57 Å². The van der Waals surface area contributed by atoms with Crippen LogP contribution in [0.5, 0.6) is 0 Å². The first-order chi connectivity index (χ1) is 7.11. The van der Waals surface area contributed by atoms with Gasteiger partial charge in [-0.3, -0.25) is 0 Å². The van der Waals surface area contributed by atoms with Gasteiger partial charge in [-0.1, -0.05) is 24.6 Å². The van der Waals surface area contributed by atoms with Crippen LogP contribution in [-0.2, 0) is 0 Å². The number of benzene rings is 1. The fraction of sp³-hybridized carbons (Fsp3) is 0.182. The Morgan fingerprint density at radius 1 is 1.40 bits per heavy atom. The van der Waals surface area contributed by atoms with Crippen molar-refractivity contribution in [3.8, 4) is 6.07 Å². The quantitative estimate of drug-likeness (QED) is 0.704. The van der Waals surface area contributed by atoms with E-state index >= 15 is 0 Å². The molecule has 0 heterocycles. The molecule has 0 aliphatic carbocycles. The zero-order valence-electron chi connectivity index (χ0n) is 8.02. The minimum Gasteiger partial charge on any atom is -0.206 e. The Hall–Kier alpha value is -1.40. The van der Waals surface area contributed by atoms with Gasteiger partial charge in [0.05, 0.1) is 16.7 Å². The fourth-order valence-electron chi connectivity index (χ4n) is 1.14. The van der Waals surface area contributed by atoms with Gasteiger partial charge >= 0.3 is 0 Å². The molecule has 0 N–H and O–H groups in total. The van der Waals surface area contributed by atoms with E-state index in [1.807, 2.05) is 6.07 Å². The van der Waals surface area contributed by atoms with E-state index in [2.05, 4.69) is 0 Å². The van der Waals surface area contributed by atoms with Gasteiger partial charge in [-0.15, -0.1) is 0 Å². The minimum absolute atomic E-state index is 0.157. The SMILES string of the molecule is CCC(C#N)=C(Cl)c1c(F)cccc1F.